The van der Waals surface area contributed by atoms with E-state index in [0.29, 0.717) is 0 Å². The lowest BCUT2D eigenvalue weighted by atomic mass is 9.90. The molecule has 1 saturated heterocycles. The Balaban J connectivity index is 1.95. The second-order valence-electron chi connectivity index (χ2n) is 6.03. The fraction of sp³-hybridized carbons (Fsp3) is 0.571. The van der Waals surface area contributed by atoms with Crippen LogP contribution in [0, 0.1) is 5.82 Å². The van der Waals surface area contributed by atoms with Gasteiger partial charge in [-0.25, -0.2) is 4.39 Å². The van der Waals surface area contributed by atoms with Crippen molar-refractivity contribution in [2.75, 3.05) is 13.1 Å². The van der Waals surface area contributed by atoms with E-state index in [1.54, 1.807) is 12.1 Å². The lowest BCUT2D eigenvalue weighted by molar-refractivity contribution is -0.103. The lowest BCUT2D eigenvalue weighted by Crippen LogP contribution is -2.68. The highest BCUT2D eigenvalue weighted by Crippen LogP contribution is 2.32. The monoisotopic (exact) mass is 237 g/mol. The van der Waals surface area contributed by atoms with Crippen LogP contribution in [0.4, 0.5) is 4.39 Å². The standard InChI is InChI=1S/C14H20FNO/c1-13(2,3)16-9-14(4,10-16)17-12-7-5-11(15)6-8-12/h5-8H,9-10H2,1-4H3. The molecule has 1 aromatic carbocycles. The molecule has 0 amide bonds. The fourth-order valence-corrected chi connectivity index (χ4v) is 2.09. The zero-order valence-corrected chi connectivity index (χ0v) is 11.0. The van der Waals surface area contributed by atoms with Gasteiger partial charge in [-0.1, -0.05) is 0 Å². The van der Waals surface area contributed by atoms with Gasteiger partial charge in [-0.2, -0.15) is 0 Å². The predicted octanol–water partition coefficient (Wildman–Crippen LogP) is 3.08. The van der Waals surface area contributed by atoms with Gasteiger partial charge in [0.15, 0.2) is 0 Å². The zero-order chi connectivity index (χ0) is 12.7. The first-order valence-corrected chi connectivity index (χ1v) is 5.98. The smallest absolute Gasteiger partial charge is 0.131 e. The van der Waals surface area contributed by atoms with Crippen molar-refractivity contribution < 1.29 is 9.13 Å². The van der Waals surface area contributed by atoms with E-state index in [9.17, 15) is 4.39 Å². The van der Waals surface area contributed by atoms with Crippen molar-refractivity contribution in [1.29, 1.82) is 0 Å². The summed E-state index contributed by atoms with van der Waals surface area (Å²) in [6.07, 6.45) is 0. The van der Waals surface area contributed by atoms with E-state index < -0.39 is 0 Å². The number of nitrogens with zero attached hydrogens (tertiary/aromatic N) is 1. The van der Waals surface area contributed by atoms with Gasteiger partial charge in [0.05, 0.1) is 0 Å². The summed E-state index contributed by atoms with van der Waals surface area (Å²) in [7, 11) is 0. The molecule has 0 unspecified atom stereocenters. The summed E-state index contributed by atoms with van der Waals surface area (Å²) in [6, 6.07) is 6.22. The van der Waals surface area contributed by atoms with Gasteiger partial charge in [0.25, 0.3) is 0 Å². The molecule has 0 atom stereocenters. The minimum atomic E-state index is -0.229. The van der Waals surface area contributed by atoms with E-state index in [2.05, 4.69) is 32.6 Å². The Morgan fingerprint density at radius 2 is 1.71 bits per heavy atom. The highest BCUT2D eigenvalue weighted by molar-refractivity contribution is 5.24. The average molecular weight is 237 g/mol. The molecule has 0 bridgehead atoms. The molecule has 0 radical (unpaired) electrons. The quantitative estimate of drug-likeness (QED) is 0.783. The SMILES string of the molecule is CC1(Oc2ccc(F)cc2)CN(C(C)(C)C)C1. The van der Waals surface area contributed by atoms with Crippen LogP contribution in [0.3, 0.4) is 0 Å². The number of ether oxygens (including phenoxy) is 1. The number of hydrogen-bond acceptors (Lipinski definition) is 2. The second kappa shape index (κ2) is 3.98. The molecule has 1 aliphatic rings. The summed E-state index contributed by atoms with van der Waals surface area (Å²) < 4.78 is 18.7. The Bertz CT molecular complexity index is 388. The molecule has 0 aromatic heterocycles. The van der Waals surface area contributed by atoms with Crippen LogP contribution in [0.5, 0.6) is 5.75 Å². The molecule has 2 rings (SSSR count). The molecule has 1 aromatic rings. The first-order chi connectivity index (χ1) is 7.78. The molecular weight excluding hydrogens is 217 g/mol. The average Bonchev–Trinajstić information content (AvgIpc) is 2.16. The fourth-order valence-electron chi connectivity index (χ4n) is 2.09. The van der Waals surface area contributed by atoms with Gasteiger partial charge in [0.1, 0.15) is 17.2 Å². The summed E-state index contributed by atoms with van der Waals surface area (Å²) in [4.78, 5) is 2.37. The minimum absolute atomic E-state index is 0.148. The van der Waals surface area contributed by atoms with E-state index in [1.165, 1.54) is 12.1 Å². The molecule has 0 spiro atoms. The van der Waals surface area contributed by atoms with E-state index in [1.807, 2.05) is 0 Å². The summed E-state index contributed by atoms with van der Waals surface area (Å²) >= 11 is 0. The first-order valence-electron chi connectivity index (χ1n) is 5.98. The molecule has 17 heavy (non-hydrogen) atoms. The van der Waals surface area contributed by atoms with Gasteiger partial charge < -0.3 is 4.74 Å². The van der Waals surface area contributed by atoms with Gasteiger partial charge in [0.2, 0.25) is 0 Å². The third-order valence-corrected chi connectivity index (χ3v) is 3.18. The second-order valence-corrected chi connectivity index (χ2v) is 6.03. The highest BCUT2D eigenvalue weighted by Gasteiger charge is 2.45. The first kappa shape index (κ1) is 12.4. The van der Waals surface area contributed by atoms with Crippen LogP contribution in [0.15, 0.2) is 24.3 Å². The van der Waals surface area contributed by atoms with Crippen molar-refractivity contribution >= 4 is 0 Å². The Kier molecular flexibility index (Phi) is 2.90. The Hall–Kier alpha value is -1.09. The van der Waals surface area contributed by atoms with E-state index in [4.69, 9.17) is 4.74 Å². The van der Waals surface area contributed by atoms with Gasteiger partial charge >= 0.3 is 0 Å². The molecule has 0 N–H and O–H groups in total. The zero-order valence-electron chi connectivity index (χ0n) is 11.0. The highest BCUT2D eigenvalue weighted by atomic mass is 19.1. The van der Waals surface area contributed by atoms with E-state index in [0.717, 1.165) is 18.8 Å². The van der Waals surface area contributed by atoms with Crippen molar-refractivity contribution in [3.63, 3.8) is 0 Å². The van der Waals surface area contributed by atoms with E-state index >= 15 is 0 Å². The number of benzene rings is 1. The van der Waals surface area contributed by atoms with Crippen LogP contribution in [0.25, 0.3) is 0 Å². The predicted molar refractivity (Wildman–Crippen MR) is 66.8 cm³/mol. The maximum Gasteiger partial charge on any atom is 0.131 e. The van der Waals surface area contributed by atoms with Crippen LogP contribution in [0.1, 0.15) is 27.7 Å². The van der Waals surface area contributed by atoms with Crippen molar-refractivity contribution in [1.82, 2.24) is 4.90 Å². The largest absolute Gasteiger partial charge is 0.485 e. The third-order valence-electron chi connectivity index (χ3n) is 3.18. The van der Waals surface area contributed by atoms with Crippen LogP contribution in [0.2, 0.25) is 0 Å². The van der Waals surface area contributed by atoms with E-state index in [-0.39, 0.29) is 17.0 Å². The summed E-state index contributed by atoms with van der Waals surface area (Å²) in [5.41, 5.74) is 0.0385. The van der Waals surface area contributed by atoms with Gasteiger partial charge in [-0.15, -0.1) is 0 Å². The van der Waals surface area contributed by atoms with Gasteiger partial charge in [-0.3, -0.25) is 4.90 Å². The van der Waals surface area contributed by atoms with Gasteiger partial charge in [0, 0.05) is 18.6 Å². The lowest BCUT2D eigenvalue weighted by Gasteiger charge is -2.53. The number of likely N-dealkylation sites (tertiary alicyclic amines) is 1. The van der Waals surface area contributed by atoms with Crippen molar-refractivity contribution in [2.24, 2.45) is 0 Å². The topological polar surface area (TPSA) is 12.5 Å². The molecule has 0 saturated carbocycles. The number of halogens is 1. The molecule has 3 heteroatoms. The molecule has 1 aliphatic heterocycles. The van der Waals surface area contributed by atoms with Crippen LogP contribution in [-0.2, 0) is 0 Å². The van der Waals surface area contributed by atoms with Gasteiger partial charge in [-0.05, 0) is 52.0 Å². The Labute approximate surface area is 102 Å². The van der Waals surface area contributed by atoms with Crippen molar-refractivity contribution in [3.8, 4) is 5.75 Å². The molecule has 0 aliphatic carbocycles. The summed E-state index contributed by atoms with van der Waals surface area (Å²) in [5.74, 6) is 0.509. The molecule has 2 nitrogen and oxygen atoms in total. The van der Waals surface area contributed by atoms with Crippen molar-refractivity contribution in [3.05, 3.63) is 30.1 Å². The number of hydrogen-bond donors (Lipinski definition) is 0. The maximum atomic E-state index is 12.8. The maximum absolute atomic E-state index is 12.8. The molecule has 1 fully saturated rings. The van der Waals surface area contributed by atoms with Crippen LogP contribution < -0.4 is 4.74 Å². The molecule has 94 valence electrons. The summed E-state index contributed by atoms with van der Waals surface area (Å²) in [5, 5.41) is 0. The molecule has 1 heterocycles. The van der Waals surface area contributed by atoms with Crippen molar-refractivity contribution in [2.45, 2.75) is 38.8 Å². The number of rotatable bonds is 2. The molecular formula is C14H20FNO. The Morgan fingerprint density at radius 1 is 1.18 bits per heavy atom. The van der Waals surface area contributed by atoms with Crippen LogP contribution in [-0.4, -0.2) is 29.1 Å². The summed E-state index contributed by atoms with van der Waals surface area (Å²) in [6.45, 7) is 10.5. The third kappa shape index (κ3) is 2.78. The minimum Gasteiger partial charge on any atom is -0.485 e. The normalized spacial score (nSPS) is 19.8. The Morgan fingerprint density at radius 3 is 2.18 bits per heavy atom. The van der Waals surface area contributed by atoms with Crippen LogP contribution >= 0.6 is 0 Å².